The van der Waals surface area contributed by atoms with E-state index in [1.54, 1.807) is 30.3 Å². The van der Waals surface area contributed by atoms with Crippen molar-refractivity contribution in [1.82, 2.24) is 0 Å². The molecule has 2 N–H and O–H groups in total. The van der Waals surface area contributed by atoms with E-state index in [0.717, 1.165) is 10.5 Å². The Balaban J connectivity index is 2.11. The quantitative estimate of drug-likeness (QED) is 0.647. The normalized spacial score (nSPS) is 14.3. The summed E-state index contributed by atoms with van der Waals surface area (Å²) in [7, 11) is 0. The van der Waals surface area contributed by atoms with Crippen molar-refractivity contribution in [2.24, 2.45) is 0 Å². The number of rotatable bonds is 1. The maximum absolute atomic E-state index is 12.5. The van der Waals surface area contributed by atoms with E-state index in [4.69, 9.17) is 17.3 Å². The zero-order valence-electron chi connectivity index (χ0n) is 10.5. The first-order chi connectivity index (χ1) is 9.58. The molecule has 100 valence electrons. The van der Waals surface area contributed by atoms with Gasteiger partial charge < -0.3 is 5.73 Å². The number of benzene rings is 2. The Hall–Kier alpha value is -2.33. The summed E-state index contributed by atoms with van der Waals surface area (Å²) in [6.45, 7) is 0. The topological polar surface area (TPSA) is 63.4 Å². The number of carbonyl (C=O) groups is 2. The molecule has 20 heavy (non-hydrogen) atoms. The molecule has 0 saturated heterocycles. The van der Waals surface area contributed by atoms with E-state index in [9.17, 15) is 9.59 Å². The van der Waals surface area contributed by atoms with Crippen LogP contribution >= 0.6 is 11.6 Å². The van der Waals surface area contributed by atoms with Crippen molar-refractivity contribution >= 4 is 34.8 Å². The Morgan fingerprint density at radius 2 is 1.85 bits per heavy atom. The Morgan fingerprint density at radius 3 is 2.60 bits per heavy atom. The van der Waals surface area contributed by atoms with Gasteiger partial charge in [0.05, 0.1) is 17.1 Å². The minimum Gasteiger partial charge on any atom is -0.399 e. The molecule has 0 saturated carbocycles. The lowest BCUT2D eigenvalue weighted by Crippen LogP contribution is -2.42. The van der Waals surface area contributed by atoms with E-state index in [1.165, 1.54) is 6.07 Å². The second-order valence-corrected chi connectivity index (χ2v) is 4.99. The summed E-state index contributed by atoms with van der Waals surface area (Å²) in [5.74, 6) is -0.649. The highest BCUT2D eigenvalue weighted by Gasteiger charge is 2.32. The highest BCUT2D eigenvalue weighted by atomic mass is 35.5. The van der Waals surface area contributed by atoms with Crippen LogP contribution in [0.25, 0.3) is 0 Å². The van der Waals surface area contributed by atoms with Gasteiger partial charge in [-0.1, -0.05) is 29.8 Å². The van der Waals surface area contributed by atoms with Gasteiger partial charge in [-0.15, -0.1) is 0 Å². The monoisotopic (exact) mass is 286 g/mol. The SMILES string of the molecule is Nc1ccc(N2C(=O)Cc3ccccc3C2=O)c(Cl)c1. The van der Waals surface area contributed by atoms with Crippen molar-refractivity contribution in [1.29, 1.82) is 0 Å². The predicted octanol–water partition coefficient (Wildman–Crippen LogP) is 2.65. The van der Waals surface area contributed by atoms with Gasteiger partial charge in [-0.3, -0.25) is 9.59 Å². The number of nitrogens with zero attached hydrogens (tertiary/aromatic N) is 1. The van der Waals surface area contributed by atoms with E-state index in [2.05, 4.69) is 0 Å². The van der Waals surface area contributed by atoms with Crippen LogP contribution in [0.3, 0.4) is 0 Å². The Morgan fingerprint density at radius 1 is 1.10 bits per heavy atom. The number of carbonyl (C=O) groups excluding carboxylic acids is 2. The van der Waals surface area contributed by atoms with Gasteiger partial charge >= 0.3 is 0 Å². The van der Waals surface area contributed by atoms with Crippen molar-refractivity contribution in [2.75, 3.05) is 10.6 Å². The summed E-state index contributed by atoms with van der Waals surface area (Å²) >= 11 is 6.09. The van der Waals surface area contributed by atoms with Gasteiger partial charge in [-0.05, 0) is 29.8 Å². The van der Waals surface area contributed by atoms with Gasteiger partial charge in [0.25, 0.3) is 5.91 Å². The predicted molar refractivity (Wildman–Crippen MR) is 77.8 cm³/mol. The third kappa shape index (κ3) is 1.94. The smallest absolute Gasteiger partial charge is 0.265 e. The van der Waals surface area contributed by atoms with E-state index in [1.807, 2.05) is 6.07 Å². The fourth-order valence-corrected chi connectivity index (χ4v) is 2.58. The molecule has 0 atom stereocenters. The highest BCUT2D eigenvalue weighted by molar-refractivity contribution is 6.36. The molecule has 2 amide bonds. The lowest BCUT2D eigenvalue weighted by atomic mass is 9.98. The number of nitrogen functional groups attached to an aromatic ring is 1. The number of amides is 2. The van der Waals surface area contributed by atoms with E-state index >= 15 is 0 Å². The van der Waals surface area contributed by atoms with Crippen LogP contribution in [0.2, 0.25) is 5.02 Å². The second-order valence-electron chi connectivity index (χ2n) is 4.58. The van der Waals surface area contributed by atoms with Crippen molar-refractivity contribution in [3.05, 3.63) is 58.6 Å². The summed E-state index contributed by atoms with van der Waals surface area (Å²) in [5, 5.41) is 0.283. The molecular formula is C15H11ClN2O2. The average molecular weight is 287 g/mol. The van der Waals surface area contributed by atoms with Crippen LogP contribution in [0.5, 0.6) is 0 Å². The minimum absolute atomic E-state index is 0.183. The number of anilines is 2. The number of imide groups is 1. The maximum Gasteiger partial charge on any atom is 0.265 e. The summed E-state index contributed by atoms with van der Waals surface area (Å²) in [5.41, 5.74) is 7.75. The second kappa shape index (κ2) is 4.65. The minimum atomic E-state index is -0.358. The Bertz CT molecular complexity index is 728. The maximum atomic E-state index is 12.5. The fourth-order valence-electron chi connectivity index (χ4n) is 2.31. The van der Waals surface area contributed by atoms with E-state index in [0.29, 0.717) is 16.9 Å². The molecule has 2 aromatic carbocycles. The molecule has 0 bridgehead atoms. The zero-order chi connectivity index (χ0) is 14.3. The summed E-state index contributed by atoms with van der Waals surface area (Å²) < 4.78 is 0. The summed E-state index contributed by atoms with van der Waals surface area (Å²) in [4.78, 5) is 25.8. The first kappa shape index (κ1) is 12.7. The van der Waals surface area contributed by atoms with Crippen molar-refractivity contribution in [2.45, 2.75) is 6.42 Å². The first-order valence-corrected chi connectivity index (χ1v) is 6.46. The van der Waals surface area contributed by atoms with Gasteiger partial charge in [0.2, 0.25) is 5.91 Å². The molecule has 4 nitrogen and oxygen atoms in total. The molecule has 0 unspecified atom stereocenters. The fraction of sp³-hybridized carbons (Fsp3) is 0.0667. The van der Waals surface area contributed by atoms with E-state index < -0.39 is 0 Å². The molecular weight excluding hydrogens is 276 g/mol. The zero-order valence-corrected chi connectivity index (χ0v) is 11.2. The molecule has 3 rings (SSSR count). The van der Waals surface area contributed by atoms with Crippen molar-refractivity contribution in [3.63, 3.8) is 0 Å². The largest absolute Gasteiger partial charge is 0.399 e. The Labute approximate surface area is 120 Å². The third-order valence-electron chi connectivity index (χ3n) is 3.25. The third-order valence-corrected chi connectivity index (χ3v) is 3.56. The highest BCUT2D eigenvalue weighted by Crippen LogP contribution is 2.32. The molecule has 0 radical (unpaired) electrons. The van der Waals surface area contributed by atoms with Crippen LogP contribution in [0, 0.1) is 0 Å². The van der Waals surface area contributed by atoms with Crippen LogP contribution in [-0.2, 0) is 11.2 Å². The van der Waals surface area contributed by atoms with Crippen molar-refractivity contribution in [3.8, 4) is 0 Å². The molecule has 0 spiro atoms. The van der Waals surface area contributed by atoms with Crippen LogP contribution in [0.4, 0.5) is 11.4 Å². The average Bonchev–Trinajstić information content (AvgIpc) is 2.41. The number of hydrogen-bond acceptors (Lipinski definition) is 3. The van der Waals surface area contributed by atoms with E-state index in [-0.39, 0.29) is 23.3 Å². The summed E-state index contributed by atoms with van der Waals surface area (Å²) in [6.07, 6.45) is 0.183. The number of fused-ring (bicyclic) bond motifs is 1. The van der Waals surface area contributed by atoms with Gasteiger partial charge in [0.1, 0.15) is 0 Å². The molecule has 1 heterocycles. The summed E-state index contributed by atoms with van der Waals surface area (Å²) in [6, 6.07) is 11.8. The van der Waals surface area contributed by atoms with Crippen LogP contribution < -0.4 is 10.6 Å². The Kier molecular flexibility index (Phi) is 2.95. The van der Waals surface area contributed by atoms with Gasteiger partial charge in [0.15, 0.2) is 0 Å². The van der Waals surface area contributed by atoms with Crippen LogP contribution in [0.1, 0.15) is 15.9 Å². The number of hydrogen-bond donors (Lipinski definition) is 1. The molecule has 1 aliphatic heterocycles. The molecule has 2 aromatic rings. The molecule has 0 fully saturated rings. The molecule has 0 aliphatic carbocycles. The number of nitrogens with two attached hydrogens (primary N) is 1. The van der Waals surface area contributed by atoms with Gasteiger partial charge in [0, 0.05) is 11.3 Å². The molecule has 5 heteroatoms. The lowest BCUT2D eigenvalue weighted by Gasteiger charge is -2.27. The van der Waals surface area contributed by atoms with Gasteiger partial charge in [-0.25, -0.2) is 4.90 Å². The first-order valence-electron chi connectivity index (χ1n) is 6.08. The van der Waals surface area contributed by atoms with Crippen LogP contribution in [0.15, 0.2) is 42.5 Å². The lowest BCUT2D eigenvalue weighted by molar-refractivity contribution is -0.117. The van der Waals surface area contributed by atoms with Crippen molar-refractivity contribution < 1.29 is 9.59 Å². The van der Waals surface area contributed by atoms with Gasteiger partial charge in [-0.2, -0.15) is 0 Å². The van der Waals surface area contributed by atoms with Crippen LogP contribution in [-0.4, -0.2) is 11.8 Å². The molecule has 1 aliphatic rings. The molecule has 0 aromatic heterocycles. The number of halogens is 1. The standard InChI is InChI=1S/C15H11ClN2O2/c16-12-8-10(17)5-6-13(12)18-14(19)7-9-3-1-2-4-11(9)15(18)20/h1-6,8H,7,17H2.